The van der Waals surface area contributed by atoms with Crippen LogP contribution in [0.5, 0.6) is 0 Å². The summed E-state index contributed by atoms with van der Waals surface area (Å²) in [5.74, 6) is -1.23. The van der Waals surface area contributed by atoms with Crippen LogP contribution in [0.4, 0.5) is 5.82 Å². The number of carboxylic acids is 1. The molecule has 20 heavy (non-hydrogen) atoms. The van der Waals surface area contributed by atoms with E-state index in [1.807, 2.05) is 0 Å². The van der Waals surface area contributed by atoms with Crippen molar-refractivity contribution >= 4 is 17.8 Å². The molecule has 0 bridgehead atoms. The maximum Gasteiger partial charge on any atom is 0.358 e. The molecule has 0 saturated heterocycles. The molecular formula is C13H17N3O4. The summed E-state index contributed by atoms with van der Waals surface area (Å²) in [5.41, 5.74) is -0.976. The number of nitrogens with zero attached hydrogens (tertiary/aromatic N) is 2. The molecule has 2 rings (SSSR count). The zero-order valence-corrected chi connectivity index (χ0v) is 11.3. The highest BCUT2D eigenvalue weighted by Gasteiger charge is 2.40. The monoisotopic (exact) mass is 279 g/mol. The predicted octanol–water partition coefficient (Wildman–Crippen LogP) is 1.46. The smallest absolute Gasteiger partial charge is 0.358 e. The molecule has 1 aliphatic rings. The van der Waals surface area contributed by atoms with E-state index in [1.54, 1.807) is 0 Å². The normalized spacial score (nSPS) is 17.2. The Labute approximate surface area is 116 Å². The van der Waals surface area contributed by atoms with E-state index in [9.17, 15) is 14.7 Å². The third-order valence-electron chi connectivity index (χ3n) is 3.51. The first-order chi connectivity index (χ1) is 9.57. The minimum Gasteiger partial charge on any atom is -0.480 e. The molecular weight excluding hydrogens is 262 g/mol. The van der Waals surface area contributed by atoms with E-state index >= 15 is 0 Å². The maximum atomic E-state index is 11.6. The highest BCUT2D eigenvalue weighted by molar-refractivity contribution is 5.87. The predicted molar refractivity (Wildman–Crippen MR) is 70.4 cm³/mol. The van der Waals surface area contributed by atoms with Crippen LogP contribution in [-0.2, 0) is 9.53 Å². The number of aromatic nitrogens is 2. The summed E-state index contributed by atoms with van der Waals surface area (Å²) in [7, 11) is 1.25. The molecule has 0 radical (unpaired) electrons. The number of methoxy groups -OCH3 is 1. The van der Waals surface area contributed by atoms with Gasteiger partial charge in [-0.25, -0.2) is 14.6 Å². The first kappa shape index (κ1) is 14.2. The molecule has 0 atom stereocenters. The fourth-order valence-electron chi connectivity index (χ4n) is 2.42. The van der Waals surface area contributed by atoms with Crippen molar-refractivity contribution in [2.75, 3.05) is 12.4 Å². The van der Waals surface area contributed by atoms with Crippen LogP contribution in [0, 0.1) is 0 Å². The number of aliphatic carboxylic acids is 1. The van der Waals surface area contributed by atoms with Crippen LogP contribution in [0.3, 0.4) is 0 Å². The van der Waals surface area contributed by atoms with E-state index in [2.05, 4.69) is 20.0 Å². The lowest BCUT2D eigenvalue weighted by Gasteiger charge is -2.34. The van der Waals surface area contributed by atoms with E-state index < -0.39 is 17.5 Å². The van der Waals surface area contributed by atoms with Crippen LogP contribution in [0.15, 0.2) is 12.4 Å². The van der Waals surface area contributed by atoms with Gasteiger partial charge in [-0.2, -0.15) is 0 Å². The summed E-state index contributed by atoms with van der Waals surface area (Å²) in [4.78, 5) is 30.9. The van der Waals surface area contributed by atoms with E-state index in [4.69, 9.17) is 0 Å². The van der Waals surface area contributed by atoms with Gasteiger partial charge in [-0.3, -0.25) is 4.98 Å². The Morgan fingerprint density at radius 1 is 1.30 bits per heavy atom. The number of nitrogens with one attached hydrogen (secondary N) is 1. The number of anilines is 1. The zero-order chi connectivity index (χ0) is 14.6. The van der Waals surface area contributed by atoms with Crippen molar-refractivity contribution in [3.63, 3.8) is 0 Å². The average molecular weight is 279 g/mol. The van der Waals surface area contributed by atoms with Gasteiger partial charge in [0.05, 0.1) is 19.5 Å². The van der Waals surface area contributed by atoms with Gasteiger partial charge in [0.1, 0.15) is 11.4 Å². The van der Waals surface area contributed by atoms with Gasteiger partial charge in [0.25, 0.3) is 0 Å². The van der Waals surface area contributed by atoms with Crippen molar-refractivity contribution in [1.82, 2.24) is 9.97 Å². The fraction of sp³-hybridized carbons (Fsp3) is 0.538. The Bertz CT molecular complexity index is 512. The van der Waals surface area contributed by atoms with Gasteiger partial charge in [0.2, 0.25) is 0 Å². The summed E-state index contributed by atoms with van der Waals surface area (Å²) in [6, 6.07) is 0. The van der Waals surface area contributed by atoms with Crippen molar-refractivity contribution in [2.24, 2.45) is 0 Å². The van der Waals surface area contributed by atoms with Crippen LogP contribution < -0.4 is 5.32 Å². The Morgan fingerprint density at radius 2 is 2.00 bits per heavy atom. The molecule has 1 saturated carbocycles. The summed E-state index contributed by atoms with van der Waals surface area (Å²) >= 11 is 0. The third kappa shape index (κ3) is 2.87. The quantitative estimate of drug-likeness (QED) is 0.804. The van der Waals surface area contributed by atoms with E-state index in [1.165, 1.54) is 19.5 Å². The van der Waals surface area contributed by atoms with E-state index in [0.29, 0.717) is 12.8 Å². The van der Waals surface area contributed by atoms with Crippen LogP contribution in [-0.4, -0.2) is 39.7 Å². The van der Waals surface area contributed by atoms with Crippen molar-refractivity contribution in [3.05, 3.63) is 18.1 Å². The van der Waals surface area contributed by atoms with Crippen molar-refractivity contribution in [3.8, 4) is 0 Å². The highest BCUT2D eigenvalue weighted by Crippen LogP contribution is 2.31. The number of carboxylic acid groups (broad SMARTS) is 1. The lowest BCUT2D eigenvalue weighted by Crippen LogP contribution is -2.48. The first-order valence-corrected chi connectivity index (χ1v) is 6.49. The van der Waals surface area contributed by atoms with E-state index in [-0.39, 0.29) is 11.5 Å². The second-order valence-corrected chi connectivity index (χ2v) is 4.85. The Hall–Kier alpha value is -2.18. The molecule has 1 aliphatic carbocycles. The SMILES string of the molecule is COC(=O)c1cncc(NC2(C(=O)O)CCCCC2)n1. The molecule has 1 aromatic rings. The first-order valence-electron chi connectivity index (χ1n) is 6.49. The molecule has 7 nitrogen and oxygen atoms in total. The van der Waals surface area contributed by atoms with Crippen molar-refractivity contribution in [2.45, 2.75) is 37.6 Å². The van der Waals surface area contributed by atoms with Gasteiger partial charge in [-0.15, -0.1) is 0 Å². The zero-order valence-electron chi connectivity index (χ0n) is 11.3. The van der Waals surface area contributed by atoms with Crippen LogP contribution in [0.1, 0.15) is 42.6 Å². The van der Waals surface area contributed by atoms with Crippen LogP contribution in [0.2, 0.25) is 0 Å². The molecule has 1 heterocycles. The molecule has 0 spiro atoms. The summed E-state index contributed by atoms with van der Waals surface area (Å²) < 4.78 is 4.57. The molecule has 0 aromatic carbocycles. The third-order valence-corrected chi connectivity index (χ3v) is 3.51. The lowest BCUT2D eigenvalue weighted by atomic mass is 9.81. The molecule has 0 amide bonds. The molecule has 108 valence electrons. The summed E-state index contributed by atoms with van der Waals surface area (Å²) in [6.07, 6.45) is 6.49. The maximum absolute atomic E-state index is 11.6. The van der Waals surface area contributed by atoms with Gasteiger partial charge >= 0.3 is 11.9 Å². The van der Waals surface area contributed by atoms with Gasteiger partial charge in [0.15, 0.2) is 5.69 Å². The van der Waals surface area contributed by atoms with E-state index in [0.717, 1.165) is 19.3 Å². The summed E-state index contributed by atoms with van der Waals surface area (Å²) in [5, 5.41) is 12.4. The van der Waals surface area contributed by atoms with Crippen molar-refractivity contribution < 1.29 is 19.4 Å². The molecule has 7 heteroatoms. The topological polar surface area (TPSA) is 101 Å². The minimum atomic E-state index is -1.03. The Kier molecular flexibility index (Phi) is 4.16. The molecule has 0 unspecified atom stereocenters. The van der Waals surface area contributed by atoms with Gasteiger partial charge in [-0.05, 0) is 12.8 Å². The lowest BCUT2D eigenvalue weighted by molar-refractivity contribution is -0.143. The van der Waals surface area contributed by atoms with Gasteiger partial charge < -0.3 is 15.2 Å². The number of carbonyl (C=O) groups is 2. The highest BCUT2D eigenvalue weighted by atomic mass is 16.5. The number of hydrogen-bond acceptors (Lipinski definition) is 6. The number of hydrogen-bond donors (Lipinski definition) is 2. The summed E-state index contributed by atoms with van der Waals surface area (Å²) in [6.45, 7) is 0. The van der Waals surface area contributed by atoms with Crippen molar-refractivity contribution in [1.29, 1.82) is 0 Å². The molecule has 1 aromatic heterocycles. The fourth-order valence-corrected chi connectivity index (χ4v) is 2.42. The second kappa shape index (κ2) is 5.85. The van der Waals surface area contributed by atoms with Gasteiger partial charge in [-0.1, -0.05) is 19.3 Å². The average Bonchev–Trinajstić information content (AvgIpc) is 2.47. The molecule has 1 fully saturated rings. The Balaban J connectivity index is 2.23. The molecule has 0 aliphatic heterocycles. The molecule has 2 N–H and O–H groups in total. The number of rotatable bonds is 4. The minimum absolute atomic E-state index is 0.0499. The van der Waals surface area contributed by atoms with Gasteiger partial charge in [0, 0.05) is 0 Å². The second-order valence-electron chi connectivity index (χ2n) is 4.85. The number of esters is 1. The van der Waals surface area contributed by atoms with Crippen LogP contribution in [0.25, 0.3) is 0 Å². The number of carbonyl (C=O) groups excluding carboxylic acids is 1. The largest absolute Gasteiger partial charge is 0.480 e. The standard InChI is InChI=1S/C13H17N3O4/c1-20-11(17)9-7-14-8-10(15-9)16-13(12(18)19)5-3-2-4-6-13/h7-8H,2-6H2,1H3,(H,15,16)(H,18,19). The number of ether oxygens (including phenoxy) is 1. The van der Waals surface area contributed by atoms with Crippen LogP contribution >= 0.6 is 0 Å². The Morgan fingerprint density at radius 3 is 2.60 bits per heavy atom.